The number of sulfonamides is 1. The molecule has 1 atom stereocenters. The van der Waals surface area contributed by atoms with Crippen LogP contribution in [-0.4, -0.2) is 32.7 Å². The number of hydrogen-bond acceptors (Lipinski definition) is 4. The fourth-order valence-corrected chi connectivity index (χ4v) is 3.62. The van der Waals surface area contributed by atoms with Crippen molar-refractivity contribution in [3.63, 3.8) is 0 Å². The van der Waals surface area contributed by atoms with Gasteiger partial charge in [0.2, 0.25) is 10.0 Å². The van der Waals surface area contributed by atoms with E-state index in [2.05, 4.69) is 9.71 Å². The Morgan fingerprint density at radius 3 is 2.95 bits per heavy atom. The third-order valence-electron chi connectivity index (χ3n) is 3.41. The van der Waals surface area contributed by atoms with Crippen molar-refractivity contribution in [2.45, 2.75) is 23.8 Å². The summed E-state index contributed by atoms with van der Waals surface area (Å²) >= 11 is 0. The summed E-state index contributed by atoms with van der Waals surface area (Å²) in [4.78, 5) is 4.39. The zero-order valence-corrected chi connectivity index (χ0v) is 11.8. The quantitative estimate of drug-likeness (QED) is 0.931. The van der Waals surface area contributed by atoms with Gasteiger partial charge in [-0.2, -0.15) is 0 Å². The van der Waals surface area contributed by atoms with Crippen LogP contribution < -0.4 is 4.72 Å². The summed E-state index contributed by atoms with van der Waals surface area (Å²) in [6, 6.07) is 8.79. The molecule has 1 aliphatic rings. The largest absolute Gasteiger partial charge is 0.377 e. The molecule has 1 aliphatic heterocycles. The second-order valence-electron chi connectivity index (χ2n) is 4.82. The molecule has 2 heterocycles. The Hall–Kier alpha value is -1.50. The third-order valence-corrected chi connectivity index (χ3v) is 4.87. The van der Waals surface area contributed by atoms with Crippen LogP contribution in [0.25, 0.3) is 10.9 Å². The van der Waals surface area contributed by atoms with Gasteiger partial charge in [0.05, 0.1) is 11.6 Å². The topological polar surface area (TPSA) is 68.3 Å². The highest BCUT2D eigenvalue weighted by Crippen LogP contribution is 2.20. The van der Waals surface area contributed by atoms with E-state index in [0.717, 1.165) is 18.2 Å². The van der Waals surface area contributed by atoms with E-state index in [9.17, 15) is 8.42 Å². The van der Waals surface area contributed by atoms with E-state index in [1.807, 2.05) is 12.1 Å². The molecule has 1 saturated heterocycles. The molecule has 0 aliphatic carbocycles. The lowest BCUT2D eigenvalue weighted by atomic mass is 10.2. The monoisotopic (exact) mass is 292 g/mol. The summed E-state index contributed by atoms with van der Waals surface area (Å²) in [6.45, 7) is 1.02. The van der Waals surface area contributed by atoms with Crippen molar-refractivity contribution in [2.75, 3.05) is 13.2 Å². The van der Waals surface area contributed by atoms with Gasteiger partial charge in [0, 0.05) is 24.7 Å². The number of nitrogens with one attached hydrogen (secondary N) is 1. The number of pyridine rings is 1. The van der Waals surface area contributed by atoms with Gasteiger partial charge in [0.15, 0.2) is 0 Å². The van der Waals surface area contributed by atoms with Crippen LogP contribution in [0, 0.1) is 0 Å². The first-order chi connectivity index (χ1) is 9.67. The Morgan fingerprint density at radius 1 is 1.30 bits per heavy atom. The second-order valence-corrected chi connectivity index (χ2v) is 6.55. The van der Waals surface area contributed by atoms with Crippen LogP contribution in [0.4, 0.5) is 0 Å². The molecule has 1 fully saturated rings. The highest BCUT2D eigenvalue weighted by molar-refractivity contribution is 7.89. The number of rotatable bonds is 4. The van der Waals surface area contributed by atoms with Gasteiger partial charge < -0.3 is 4.74 Å². The normalized spacial score (nSPS) is 19.5. The van der Waals surface area contributed by atoms with Crippen LogP contribution >= 0.6 is 0 Å². The molecule has 3 rings (SSSR count). The maximum absolute atomic E-state index is 12.4. The molecule has 0 amide bonds. The van der Waals surface area contributed by atoms with E-state index >= 15 is 0 Å². The summed E-state index contributed by atoms with van der Waals surface area (Å²) < 4.78 is 32.8. The lowest BCUT2D eigenvalue weighted by molar-refractivity contribution is 0.114. The van der Waals surface area contributed by atoms with Crippen LogP contribution in [0.1, 0.15) is 12.8 Å². The average Bonchev–Trinajstić information content (AvgIpc) is 2.98. The Balaban J connectivity index is 1.88. The Bertz CT molecular complexity index is 704. The van der Waals surface area contributed by atoms with Gasteiger partial charge in [-0.1, -0.05) is 18.2 Å². The Labute approximate surface area is 118 Å². The van der Waals surface area contributed by atoms with Crippen molar-refractivity contribution in [3.05, 3.63) is 36.5 Å². The second kappa shape index (κ2) is 5.47. The molecule has 2 aromatic rings. The van der Waals surface area contributed by atoms with Gasteiger partial charge in [-0.25, -0.2) is 13.1 Å². The summed E-state index contributed by atoms with van der Waals surface area (Å²) in [6.07, 6.45) is 3.47. The first-order valence-corrected chi connectivity index (χ1v) is 8.10. The highest BCUT2D eigenvalue weighted by atomic mass is 32.2. The summed E-state index contributed by atoms with van der Waals surface area (Å²) in [5.74, 6) is 0. The number of fused-ring (bicyclic) bond motifs is 1. The van der Waals surface area contributed by atoms with Gasteiger partial charge in [0.25, 0.3) is 0 Å². The molecule has 6 heteroatoms. The van der Waals surface area contributed by atoms with Crippen molar-refractivity contribution < 1.29 is 13.2 Å². The summed E-state index contributed by atoms with van der Waals surface area (Å²) in [7, 11) is -3.57. The smallest absolute Gasteiger partial charge is 0.242 e. The molecule has 0 saturated carbocycles. The summed E-state index contributed by atoms with van der Waals surface area (Å²) in [5, 5.41) is 0.812. The minimum atomic E-state index is -3.57. The van der Waals surface area contributed by atoms with Crippen molar-refractivity contribution in [3.8, 4) is 0 Å². The van der Waals surface area contributed by atoms with E-state index in [4.69, 9.17) is 4.74 Å². The highest BCUT2D eigenvalue weighted by Gasteiger charge is 2.22. The molecular weight excluding hydrogens is 276 g/mol. The van der Waals surface area contributed by atoms with Crippen LogP contribution in [-0.2, 0) is 14.8 Å². The maximum Gasteiger partial charge on any atom is 0.242 e. The van der Waals surface area contributed by atoms with Gasteiger partial charge in [-0.3, -0.25) is 4.98 Å². The molecule has 0 unspecified atom stereocenters. The number of ether oxygens (including phenoxy) is 1. The van der Waals surface area contributed by atoms with E-state index in [0.29, 0.717) is 18.7 Å². The Morgan fingerprint density at radius 2 is 2.15 bits per heavy atom. The molecule has 20 heavy (non-hydrogen) atoms. The average molecular weight is 292 g/mol. The van der Waals surface area contributed by atoms with Crippen LogP contribution in [0.15, 0.2) is 41.4 Å². The number of hydrogen-bond donors (Lipinski definition) is 1. The zero-order chi connectivity index (χ0) is 14.0. The fraction of sp³-hybridized carbons (Fsp3) is 0.357. The molecule has 0 bridgehead atoms. The van der Waals surface area contributed by atoms with E-state index in [1.54, 1.807) is 24.4 Å². The van der Waals surface area contributed by atoms with Gasteiger partial charge >= 0.3 is 0 Å². The SMILES string of the molecule is O=S(=O)(NC[C@@H]1CCCO1)c1cccc2cccnc12. The fourth-order valence-electron chi connectivity index (χ4n) is 2.38. The summed E-state index contributed by atoms with van der Waals surface area (Å²) in [5.41, 5.74) is 0.495. The Kier molecular flexibility index (Phi) is 3.69. The standard InChI is InChI=1S/C14H16N2O3S/c17-20(18,16-10-12-6-3-9-19-12)13-7-1-4-11-5-2-8-15-14(11)13/h1-2,4-5,7-8,12,16H,3,6,9-10H2/t12-/m0/s1. The van der Waals surface area contributed by atoms with Crippen molar-refractivity contribution in [2.24, 2.45) is 0 Å². The first kappa shape index (κ1) is 13.5. The predicted molar refractivity (Wildman–Crippen MR) is 75.9 cm³/mol. The van der Waals surface area contributed by atoms with Crippen molar-refractivity contribution in [1.82, 2.24) is 9.71 Å². The number of benzene rings is 1. The van der Waals surface area contributed by atoms with Crippen molar-refractivity contribution >= 4 is 20.9 Å². The minimum Gasteiger partial charge on any atom is -0.377 e. The maximum atomic E-state index is 12.4. The first-order valence-electron chi connectivity index (χ1n) is 6.62. The van der Waals surface area contributed by atoms with Crippen LogP contribution in [0.3, 0.4) is 0 Å². The molecule has 0 spiro atoms. The molecular formula is C14H16N2O3S. The number of nitrogens with zero attached hydrogens (tertiary/aromatic N) is 1. The van der Waals surface area contributed by atoms with Crippen LogP contribution in [0.5, 0.6) is 0 Å². The lowest BCUT2D eigenvalue weighted by Gasteiger charge is -2.12. The molecule has 1 N–H and O–H groups in total. The van der Waals surface area contributed by atoms with Crippen LogP contribution in [0.2, 0.25) is 0 Å². The lowest BCUT2D eigenvalue weighted by Crippen LogP contribution is -2.32. The molecule has 1 aromatic carbocycles. The predicted octanol–water partition coefficient (Wildman–Crippen LogP) is 1.69. The molecule has 106 valence electrons. The van der Waals surface area contributed by atoms with Gasteiger partial charge in [-0.05, 0) is 25.0 Å². The minimum absolute atomic E-state index is 0.0206. The number of aromatic nitrogens is 1. The molecule has 0 radical (unpaired) electrons. The van der Waals surface area contributed by atoms with Crippen molar-refractivity contribution in [1.29, 1.82) is 0 Å². The van der Waals surface area contributed by atoms with Gasteiger partial charge in [-0.15, -0.1) is 0 Å². The van der Waals surface area contributed by atoms with E-state index in [1.165, 1.54) is 0 Å². The number of para-hydroxylation sites is 1. The zero-order valence-electron chi connectivity index (χ0n) is 11.0. The molecule has 1 aromatic heterocycles. The van der Waals surface area contributed by atoms with E-state index < -0.39 is 10.0 Å². The van der Waals surface area contributed by atoms with E-state index in [-0.39, 0.29) is 11.0 Å². The molecule has 5 nitrogen and oxygen atoms in total. The van der Waals surface area contributed by atoms with Gasteiger partial charge in [0.1, 0.15) is 4.90 Å². The third kappa shape index (κ3) is 2.67.